The van der Waals surface area contributed by atoms with E-state index in [-0.39, 0.29) is 30.3 Å². The quantitative estimate of drug-likeness (QED) is 0.913. The zero-order chi connectivity index (χ0) is 16.4. The highest BCUT2D eigenvalue weighted by Gasteiger charge is 2.37. The van der Waals surface area contributed by atoms with Crippen molar-refractivity contribution in [3.05, 3.63) is 34.6 Å². The molecule has 3 nitrogen and oxygen atoms in total. The molecule has 0 radical (unpaired) electrons. The van der Waals surface area contributed by atoms with Gasteiger partial charge in [-0.3, -0.25) is 4.79 Å². The van der Waals surface area contributed by atoms with Crippen LogP contribution in [0.1, 0.15) is 37.7 Å². The summed E-state index contributed by atoms with van der Waals surface area (Å²) < 4.78 is 13.9. The predicted molar refractivity (Wildman–Crippen MR) is 87.8 cm³/mol. The molecule has 1 N–H and O–H groups in total. The van der Waals surface area contributed by atoms with Crippen LogP contribution in [0.15, 0.2) is 18.2 Å². The van der Waals surface area contributed by atoms with Gasteiger partial charge in [-0.05, 0) is 56.6 Å². The molecule has 1 aliphatic heterocycles. The summed E-state index contributed by atoms with van der Waals surface area (Å²) in [4.78, 5) is 14.7. The van der Waals surface area contributed by atoms with Crippen LogP contribution in [0.2, 0.25) is 5.02 Å². The van der Waals surface area contributed by atoms with Crippen LogP contribution in [0.5, 0.6) is 0 Å². The Labute approximate surface area is 141 Å². The molecule has 1 saturated heterocycles. The molecule has 1 unspecified atom stereocenters. The molecule has 3 rings (SSSR count). The zero-order valence-electron chi connectivity index (χ0n) is 13.2. The van der Waals surface area contributed by atoms with E-state index in [1.165, 1.54) is 6.07 Å². The average molecular weight is 340 g/mol. The Kier molecular flexibility index (Phi) is 5.22. The van der Waals surface area contributed by atoms with Crippen LogP contribution in [-0.2, 0) is 11.2 Å². The van der Waals surface area contributed by atoms with Gasteiger partial charge in [0, 0.05) is 35.7 Å². The van der Waals surface area contributed by atoms with Gasteiger partial charge in [0.1, 0.15) is 5.82 Å². The SMILES string of the molecule is O=C1C(Cc2c(F)cccc2Cl)CCN1[C@H]1CC[C@H](CO)CC1. The van der Waals surface area contributed by atoms with Crippen LogP contribution in [0.3, 0.4) is 0 Å². The highest BCUT2D eigenvalue weighted by molar-refractivity contribution is 6.31. The van der Waals surface area contributed by atoms with Gasteiger partial charge in [-0.1, -0.05) is 17.7 Å². The third kappa shape index (κ3) is 3.53. The van der Waals surface area contributed by atoms with Crippen LogP contribution in [0.4, 0.5) is 4.39 Å². The number of aliphatic hydroxyl groups is 1. The molecule has 2 fully saturated rings. The Hall–Kier alpha value is -1.13. The third-order valence-corrected chi connectivity index (χ3v) is 5.73. The second-order valence-electron chi connectivity index (χ2n) is 6.78. The fourth-order valence-corrected chi connectivity index (χ4v) is 4.17. The topological polar surface area (TPSA) is 40.5 Å². The number of hydrogen-bond acceptors (Lipinski definition) is 2. The summed E-state index contributed by atoms with van der Waals surface area (Å²) in [7, 11) is 0. The normalized spacial score (nSPS) is 28.4. The lowest BCUT2D eigenvalue weighted by Crippen LogP contribution is -2.40. The lowest BCUT2D eigenvalue weighted by Gasteiger charge is -2.34. The van der Waals surface area contributed by atoms with Crippen LogP contribution in [0, 0.1) is 17.7 Å². The van der Waals surface area contributed by atoms with Crippen molar-refractivity contribution in [2.45, 2.75) is 44.6 Å². The molecule has 1 heterocycles. The van der Waals surface area contributed by atoms with Gasteiger partial charge in [0.2, 0.25) is 5.91 Å². The average Bonchev–Trinajstić information content (AvgIpc) is 2.92. The number of carbonyl (C=O) groups is 1. The molecule has 1 aromatic carbocycles. The van der Waals surface area contributed by atoms with E-state index in [2.05, 4.69) is 0 Å². The molecule has 1 saturated carbocycles. The first-order valence-corrected chi connectivity index (χ1v) is 8.82. The molecular formula is C18H23ClFNO2. The molecule has 0 spiro atoms. The van der Waals surface area contributed by atoms with E-state index in [1.54, 1.807) is 12.1 Å². The Balaban J connectivity index is 1.63. The zero-order valence-corrected chi connectivity index (χ0v) is 13.9. The van der Waals surface area contributed by atoms with E-state index in [1.807, 2.05) is 4.90 Å². The van der Waals surface area contributed by atoms with Gasteiger partial charge in [0.25, 0.3) is 0 Å². The van der Waals surface area contributed by atoms with Gasteiger partial charge >= 0.3 is 0 Å². The molecule has 23 heavy (non-hydrogen) atoms. The van der Waals surface area contributed by atoms with Gasteiger partial charge in [0.15, 0.2) is 0 Å². The Morgan fingerprint density at radius 1 is 1.22 bits per heavy atom. The molecule has 126 valence electrons. The summed E-state index contributed by atoms with van der Waals surface area (Å²) in [6.45, 7) is 0.999. The number of aliphatic hydroxyl groups excluding tert-OH is 1. The number of nitrogens with zero attached hydrogens (tertiary/aromatic N) is 1. The lowest BCUT2D eigenvalue weighted by molar-refractivity contribution is -0.133. The first-order valence-electron chi connectivity index (χ1n) is 8.44. The van der Waals surface area contributed by atoms with E-state index >= 15 is 0 Å². The number of carbonyl (C=O) groups excluding carboxylic acids is 1. The van der Waals surface area contributed by atoms with Crippen LogP contribution >= 0.6 is 11.6 Å². The highest BCUT2D eigenvalue weighted by Crippen LogP contribution is 2.33. The van der Waals surface area contributed by atoms with E-state index in [4.69, 9.17) is 11.6 Å². The maximum atomic E-state index is 13.9. The number of amides is 1. The number of likely N-dealkylation sites (tertiary alicyclic amines) is 1. The molecule has 1 amide bonds. The van der Waals surface area contributed by atoms with Crippen molar-refractivity contribution in [3.8, 4) is 0 Å². The minimum atomic E-state index is -0.327. The molecule has 0 bridgehead atoms. The van der Waals surface area contributed by atoms with Crippen molar-refractivity contribution < 1.29 is 14.3 Å². The Morgan fingerprint density at radius 3 is 2.61 bits per heavy atom. The molecule has 5 heteroatoms. The van der Waals surface area contributed by atoms with E-state index in [0.717, 1.165) is 38.6 Å². The van der Waals surface area contributed by atoms with Crippen molar-refractivity contribution in [2.75, 3.05) is 13.2 Å². The van der Waals surface area contributed by atoms with Crippen molar-refractivity contribution in [2.24, 2.45) is 11.8 Å². The standard InChI is InChI=1S/C18H23ClFNO2/c19-16-2-1-3-17(20)15(16)10-13-8-9-21(18(13)23)14-6-4-12(11-22)5-7-14/h1-3,12-14,22H,4-11H2/t12-,13?,14-. The molecule has 1 aliphatic carbocycles. The van der Waals surface area contributed by atoms with Crippen molar-refractivity contribution in [3.63, 3.8) is 0 Å². The fourth-order valence-electron chi connectivity index (χ4n) is 3.93. The van der Waals surface area contributed by atoms with E-state index < -0.39 is 0 Å². The lowest BCUT2D eigenvalue weighted by atomic mass is 9.86. The second kappa shape index (κ2) is 7.18. The van der Waals surface area contributed by atoms with Crippen molar-refractivity contribution >= 4 is 17.5 Å². The molecule has 2 aliphatic rings. The minimum Gasteiger partial charge on any atom is -0.396 e. The van der Waals surface area contributed by atoms with Gasteiger partial charge in [-0.15, -0.1) is 0 Å². The van der Waals surface area contributed by atoms with Crippen molar-refractivity contribution in [1.29, 1.82) is 0 Å². The van der Waals surface area contributed by atoms with Crippen molar-refractivity contribution in [1.82, 2.24) is 4.90 Å². The van der Waals surface area contributed by atoms with Gasteiger partial charge in [0.05, 0.1) is 0 Å². The minimum absolute atomic E-state index is 0.136. The van der Waals surface area contributed by atoms with Gasteiger partial charge in [-0.25, -0.2) is 4.39 Å². The summed E-state index contributed by atoms with van der Waals surface area (Å²) in [6.07, 6.45) is 5.04. The van der Waals surface area contributed by atoms with E-state index in [9.17, 15) is 14.3 Å². The Bertz CT molecular complexity index is 552. The molecular weight excluding hydrogens is 317 g/mol. The van der Waals surface area contributed by atoms with Gasteiger partial charge in [-0.2, -0.15) is 0 Å². The maximum Gasteiger partial charge on any atom is 0.226 e. The Morgan fingerprint density at radius 2 is 1.96 bits per heavy atom. The number of halogens is 2. The smallest absolute Gasteiger partial charge is 0.226 e. The van der Waals surface area contributed by atoms with E-state index in [0.29, 0.717) is 22.9 Å². The first-order chi connectivity index (χ1) is 11.1. The van der Waals surface area contributed by atoms with Gasteiger partial charge < -0.3 is 10.0 Å². The van der Waals surface area contributed by atoms with Crippen LogP contribution in [0.25, 0.3) is 0 Å². The summed E-state index contributed by atoms with van der Waals surface area (Å²) in [5.74, 6) is 0.0286. The monoisotopic (exact) mass is 339 g/mol. The summed E-state index contributed by atoms with van der Waals surface area (Å²) in [6, 6.07) is 4.94. The number of rotatable bonds is 4. The predicted octanol–water partition coefficient (Wildman–Crippen LogP) is 3.42. The molecule has 1 atom stereocenters. The second-order valence-corrected chi connectivity index (χ2v) is 7.19. The summed E-state index contributed by atoms with van der Waals surface area (Å²) in [5, 5.41) is 9.63. The summed E-state index contributed by atoms with van der Waals surface area (Å²) in [5.41, 5.74) is 0.457. The fraction of sp³-hybridized carbons (Fsp3) is 0.611. The van der Waals surface area contributed by atoms with Crippen LogP contribution < -0.4 is 0 Å². The summed E-state index contributed by atoms with van der Waals surface area (Å²) >= 11 is 6.08. The number of benzene rings is 1. The third-order valence-electron chi connectivity index (χ3n) is 5.38. The molecule has 0 aromatic heterocycles. The number of hydrogen-bond donors (Lipinski definition) is 1. The molecule has 1 aromatic rings. The largest absolute Gasteiger partial charge is 0.396 e. The van der Waals surface area contributed by atoms with Crippen LogP contribution in [-0.4, -0.2) is 35.1 Å². The first kappa shape index (κ1) is 16.7. The highest BCUT2D eigenvalue weighted by atomic mass is 35.5. The maximum absolute atomic E-state index is 13.9.